The number of ether oxygens (including phenoxy) is 1. The molecule has 0 unspecified atom stereocenters. The molecule has 0 spiro atoms. The van der Waals surface area contributed by atoms with Gasteiger partial charge in [-0.25, -0.2) is 0 Å². The van der Waals surface area contributed by atoms with E-state index in [2.05, 4.69) is 0 Å². The van der Waals surface area contributed by atoms with Gasteiger partial charge in [0.25, 0.3) is 0 Å². The number of unbranched alkanes of at least 4 members (excludes halogenated alkanes) is 1. The number of rotatable bonds is 6. The second kappa shape index (κ2) is 7.62. The summed E-state index contributed by atoms with van der Waals surface area (Å²) in [5, 5.41) is 0. The molecule has 0 radical (unpaired) electrons. The van der Waals surface area contributed by atoms with Crippen LogP contribution in [0.1, 0.15) is 19.8 Å². The van der Waals surface area contributed by atoms with Crippen LogP contribution in [0.3, 0.4) is 0 Å². The van der Waals surface area contributed by atoms with E-state index in [4.69, 9.17) is 16.3 Å². The van der Waals surface area contributed by atoms with Crippen molar-refractivity contribution in [3.63, 3.8) is 0 Å². The van der Waals surface area contributed by atoms with E-state index in [1.807, 2.05) is 6.92 Å². The first-order valence-electron chi connectivity index (χ1n) is 4.57. The molecule has 0 bridgehead atoms. The highest BCUT2D eigenvalue weighted by Gasteiger charge is 2.12. The van der Waals surface area contributed by atoms with Crippen LogP contribution in [0.4, 0.5) is 0 Å². The molecule has 0 aromatic rings. The summed E-state index contributed by atoms with van der Waals surface area (Å²) in [4.78, 5) is 23.3. The van der Waals surface area contributed by atoms with Crippen LogP contribution in [0, 0.1) is 0 Å². The first-order chi connectivity index (χ1) is 6.61. The molecule has 0 rings (SSSR count). The fraction of sp³-hybridized carbons (Fsp3) is 0.778. The molecule has 0 atom stereocenters. The number of nitrogens with zero attached hydrogens (tertiary/aromatic N) is 1. The lowest BCUT2D eigenvalue weighted by atomic mass is 10.4. The smallest absolute Gasteiger partial charge is 0.325 e. The first kappa shape index (κ1) is 13.2. The summed E-state index contributed by atoms with van der Waals surface area (Å²) in [6.45, 7) is 2.39. The van der Waals surface area contributed by atoms with Crippen molar-refractivity contribution in [3.8, 4) is 0 Å². The van der Waals surface area contributed by atoms with E-state index in [1.54, 1.807) is 0 Å². The summed E-state index contributed by atoms with van der Waals surface area (Å²) in [5.41, 5.74) is 0. The van der Waals surface area contributed by atoms with Gasteiger partial charge in [0, 0.05) is 7.05 Å². The number of carbonyl (C=O) groups excluding carboxylic acids is 2. The molecule has 0 aliphatic carbocycles. The van der Waals surface area contributed by atoms with Gasteiger partial charge < -0.3 is 9.64 Å². The van der Waals surface area contributed by atoms with Crippen LogP contribution >= 0.6 is 11.6 Å². The highest BCUT2D eigenvalue weighted by atomic mass is 35.5. The van der Waals surface area contributed by atoms with Crippen molar-refractivity contribution < 1.29 is 14.3 Å². The zero-order chi connectivity index (χ0) is 11.0. The lowest BCUT2D eigenvalue weighted by Crippen LogP contribution is -2.33. The van der Waals surface area contributed by atoms with Gasteiger partial charge in [-0.2, -0.15) is 0 Å². The number of hydrogen-bond acceptors (Lipinski definition) is 3. The molecule has 0 aromatic carbocycles. The van der Waals surface area contributed by atoms with E-state index >= 15 is 0 Å². The van der Waals surface area contributed by atoms with Crippen molar-refractivity contribution in [3.05, 3.63) is 0 Å². The molecule has 0 aliphatic heterocycles. The maximum absolute atomic E-state index is 11.1. The van der Waals surface area contributed by atoms with Gasteiger partial charge in [-0.3, -0.25) is 9.59 Å². The average Bonchev–Trinajstić information content (AvgIpc) is 2.16. The zero-order valence-electron chi connectivity index (χ0n) is 8.59. The van der Waals surface area contributed by atoms with E-state index in [1.165, 1.54) is 11.9 Å². The lowest BCUT2D eigenvalue weighted by Gasteiger charge is -2.14. The molecule has 1 amide bonds. The maximum Gasteiger partial charge on any atom is 0.325 e. The summed E-state index contributed by atoms with van der Waals surface area (Å²) in [6, 6.07) is 0. The summed E-state index contributed by atoms with van der Waals surface area (Å²) in [6.07, 6.45) is 1.82. The van der Waals surface area contributed by atoms with Gasteiger partial charge in [0.05, 0.1) is 6.61 Å². The normalized spacial score (nSPS) is 9.64. The Morgan fingerprint density at radius 2 is 2.07 bits per heavy atom. The van der Waals surface area contributed by atoms with Crippen LogP contribution in [0.25, 0.3) is 0 Å². The first-order valence-corrected chi connectivity index (χ1v) is 5.10. The van der Waals surface area contributed by atoms with Gasteiger partial charge in [0.15, 0.2) is 0 Å². The van der Waals surface area contributed by atoms with Crippen LogP contribution in [0.15, 0.2) is 0 Å². The highest BCUT2D eigenvalue weighted by Crippen LogP contribution is 1.92. The molecule has 0 saturated heterocycles. The van der Waals surface area contributed by atoms with E-state index in [9.17, 15) is 9.59 Å². The topological polar surface area (TPSA) is 46.6 Å². The predicted molar refractivity (Wildman–Crippen MR) is 54.2 cm³/mol. The lowest BCUT2D eigenvalue weighted by molar-refractivity contribution is -0.148. The standard InChI is InChI=1S/C9H16ClNO3/c1-3-4-5-14-9(13)7-11(2)8(12)6-10/h3-7H2,1-2H3. The molecular weight excluding hydrogens is 206 g/mol. The van der Waals surface area contributed by atoms with Crippen LogP contribution in [0.5, 0.6) is 0 Å². The van der Waals surface area contributed by atoms with Gasteiger partial charge in [-0.1, -0.05) is 13.3 Å². The van der Waals surface area contributed by atoms with Crippen LogP contribution in [0.2, 0.25) is 0 Å². The highest BCUT2D eigenvalue weighted by molar-refractivity contribution is 6.27. The largest absolute Gasteiger partial charge is 0.464 e. The van der Waals surface area contributed by atoms with Crippen LogP contribution < -0.4 is 0 Å². The summed E-state index contributed by atoms with van der Waals surface area (Å²) >= 11 is 5.31. The number of carbonyl (C=O) groups is 2. The number of hydrogen-bond donors (Lipinski definition) is 0. The Morgan fingerprint density at radius 3 is 2.57 bits per heavy atom. The van der Waals surface area contributed by atoms with Crippen molar-refractivity contribution in [2.75, 3.05) is 26.1 Å². The fourth-order valence-corrected chi connectivity index (χ4v) is 0.964. The Labute approximate surface area is 89.2 Å². The number of alkyl halides is 1. The quantitative estimate of drug-likeness (QED) is 0.382. The third-order valence-corrected chi connectivity index (χ3v) is 1.90. The Morgan fingerprint density at radius 1 is 1.43 bits per heavy atom. The zero-order valence-corrected chi connectivity index (χ0v) is 9.34. The Balaban J connectivity index is 3.65. The van der Waals surface area contributed by atoms with E-state index in [-0.39, 0.29) is 24.3 Å². The Kier molecular flexibility index (Phi) is 7.20. The number of likely N-dealkylation sites (N-methyl/N-ethyl adjacent to an activating group) is 1. The second-order valence-electron chi connectivity index (χ2n) is 2.96. The third-order valence-electron chi connectivity index (χ3n) is 1.67. The Bertz CT molecular complexity index is 196. The van der Waals surface area contributed by atoms with Crippen LogP contribution in [-0.2, 0) is 14.3 Å². The van der Waals surface area contributed by atoms with Crippen molar-refractivity contribution >= 4 is 23.5 Å². The van der Waals surface area contributed by atoms with Crippen molar-refractivity contribution in [2.45, 2.75) is 19.8 Å². The minimum Gasteiger partial charge on any atom is -0.464 e. The van der Waals surface area contributed by atoms with Gasteiger partial charge in [0.2, 0.25) is 5.91 Å². The van der Waals surface area contributed by atoms with E-state index < -0.39 is 0 Å². The molecule has 0 N–H and O–H groups in total. The molecule has 82 valence electrons. The minimum atomic E-state index is -0.389. The molecule has 0 saturated carbocycles. The van der Waals surface area contributed by atoms with Gasteiger partial charge in [-0.15, -0.1) is 11.6 Å². The summed E-state index contributed by atoms with van der Waals surface area (Å²) in [7, 11) is 1.52. The maximum atomic E-state index is 11.1. The van der Waals surface area contributed by atoms with Gasteiger partial charge in [0.1, 0.15) is 12.4 Å². The molecule has 4 nitrogen and oxygen atoms in total. The summed E-state index contributed by atoms with van der Waals surface area (Å²) < 4.78 is 4.87. The number of amides is 1. The molecule has 0 fully saturated rings. The minimum absolute atomic E-state index is 0.0325. The fourth-order valence-electron chi connectivity index (χ4n) is 0.760. The Hall–Kier alpha value is -0.770. The van der Waals surface area contributed by atoms with E-state index in [0.29, 0.717) is 6.61 Å². The average molecular weight is 222 g/mol. The van der Waals surface area contributed by atoms with Gasteiger partial charge >= 0.3 is 5.97 Å². The van der Waals surface area contributed by atoms with Crippen molar-refractivity contribution in [1.82, 2.24) is 4.90 Å². The molecule has 0 heterocycles. The molecule has 0 aromatic heterocycles. The van der Waals surface area contributed by atoms with E-state index in [0.717, 1.165) is 12.8 Å². The number of esters is 1. The van der Waals surface area contributed by atoms with Gasteiger partial charge in [-0.05, 0) is 6.42 Å². The van der Waals surface area contributed by atoms with Crippen LogP contribution in [-0.4, -0.2) is 42.9 Å². The molecular formula is C9H16ClNO3. The SMILES string of the molecule is CCCCOC(=O)CN(C)C(=O)CCl. The molecule has 14 heavy (non-hydrogen) atoms. The third kappa shape index (κ3) is 5.80. The van der Waals surface area contributed by atoms with Crippen molar-refractivity contribution in [1.29, 1.82) is 0 Å². The number of halogens is 1. The predicted octanol–water partition coefficient (Wildman–Crippen LogP) is 1.03. The molecule has 5 heteroatoms. The monoisotopic (exact) mass is 221 g/mol. The van der Waals surface area contributed by atoms with Crippen molar-refractivity contribution in [2.24, 2.45) is 0 Å². The summed E-state index contributed by atoms with van der Waals surface area (Å²) in [5.74, 6) is -0.780. The second-order valence-corrected chi connectivity index (χ2v) is 3.22. The molecule has 0 aliphatic rings.